The summed E-state index contributed by atoms with van der Waals surface area (Å²) in [7, 11) is -1.90. The molecule has 2 aromatic rings. The highest BCUT2D eigenvalue weighted by Gasteiger charge is 2.12. The summed E-state index contributed by atoms with van der Waals surface area (Å²) >= 11 is 0. The summed E-state index contributed by atoms with van der Waals surface area (Å²) in [5.41, 5.74) is -0.238. The van der Waals surface area contributed by atoms with Crippen LogP contribution in [0.4, 0.5) is 4.39 Å². The zero-order valence-corrected chi connectivity index (χ0v) is 11.9. The van der Waals surface area contributed by atoms with Gasteiger partial charge in [-0.3, -0.25) is 9.36 Å². The number of likely N-dealkylation sites (N-methyl/N-ethyl adjacent to an activating group) is 1. The minimum atomic E-state index is -3.31. The summed E-state index contributed by atoms with van der Waals surface area (Å²) < 4.78 is 38.5. The van der Waals surface area contributed by atoms with Crippen LogP contribution in [0.25, 0.3) is 10.9 Å². The van der Waals surface area contributed by atoms with E-state index in [0.717, 1.165) is 10.6 Å². The second-order valence-corrected chi connectivity index (χ2v) is 6.55. The van der Waals surface area contributed by atoms with Gasteiger partial charge in [0.2, 0.25) is 10.0 Å². The fourth-order valence-corrected chi connectivity index (χ4v) is 2.15. The first-order chi connectivity index (χ1) is 9.30. The summed E-state index contributed by atoms with van der Waals surface area (Å²) in [5, 5.41) is -0.0861. The lowest BCUT2D eigenvalue weighted by molar-refractivity contribution is 0.445. The molecule has 1 aromatic heterocycles. The van der Waals surface area contributed by atoms with Gasteiger partial charge in [-0.25, -0.2) is 22.1 Å². The predicted octanol–water partition coefficient (Wildman–Crippen LogP) is 0.427. The van der Waals surface area contributed by atoms with Gasteiger partial charge in [-0.2, -0.15) is 0 Å². The molecule has 0 aliphatic carbocycles. The average Bonchev–Trinajstić information content (AvgIpc) is 2.36. The molecule has 0 aliphatic rings. The Hall–Kier alpha value is -1.80. The van der Waals surface area contributed by atoms with Crippen molar-refractivity contribution in [2.24, 2.45) is 0 Å². The normalized spacial score (nSPS) is 12.2. The Kier molecular flexibility index (Phi) is 3.87. The molecule has 6 nitrogen and oxygen atoms in total. The van der Waals surface area contributed by atoms with Gasteiger partial charge in [0.25, 0.3) is 5.56 Å². The Bertz CT molecular complexity index is 801. The second kappa shape index (κ2) is 5.29. The lowest BCUT2D eigenvalue weighted by Crippen LogP contribution is -2.32. The van der Waals surface area contributed by atoms with Gasteiger partial charge in [0.1, 0.15) is 11.2 Å². The molecule has 0 amide bonds. The quantitative estimate of drug-likeness (QED) is 0.820. The number of nitrogens with zero attached hydrogens (tertiary/aromatic N) is 3. The summed E-state index contributed by atoms with van der Waals surface area (Å²) in [5.74, 6) is -0.634. The highest BCUT2D eigenvalue weighted by Crippen LogP contribution is 2.10. The van der Waals surface area contributed by atoms with Gasteiger partial charge in [-0.15, -0.1) is 0 Å². The average molecular weight is 299 g/mol. The smallest absolute Gasteiger partial charge is 0.264 e. The highest BCUT2D eigenvalue weighted by atomic mass is 32.2. The zero-order chi connectivity index (χ0) is 14.9. The number of halogens is 1. The fraction of sp³-hybridized carbons (Fsp3) is 0.333. The van der Waals surface area contributed by atoms with Crippen LogP contribution in [0.1, 0.15) is 0 Å². The number of aromatic nitrogens is 2. The van der Waals surface area contributed by atoms with E-state index in [1.54, 1.807) is 6.07 Å². The fourth-order valence-electron chi connectivity index (χ4n) is 1.73. The standard InChI is InChI=1S/C12H14FN3O3S/c1-15(20(2,18)19)6-7-16-8-14-10-5-3-4-9(13)11(10)12(16)17/h3-5,8H,6-7H2,1-2H3. The first-order valence-corrected chi connectivity index (χ1v) is 7.70. The summed E-state index contributed by atoms with van der Waals surface area (Å²) in [4.78, 5) is 16.1. The van der Waals surface area contributed by atoms with Crippen LogP contribution >= 0.6 is 0 Å². The number of fused-ring (bicyclic) bond motifs is 1. The van der Waals surface area contributed by atoms with Crippen LogP contribution in [-0.4, -0.2) is 42.1 Å². The molecule has 0 fully saturated rings. The Morgan fingerprint density at radius 2 is 2.10 bits per heavy atom. The van der Waals surface area contributed by atoms with E-state index in [0.29, 0.717) is 0 Å². The van der Waals surface area contributed by atoms with Crippen LogP contribution < -0.4 is 5.56 Å². The number of hydrogen-bond donors (Lipinski definition) is 0. The van der Waals surface area contributed by atoms with E-state index in [4.69, 9.17) is 0 Å². The maximum Gasteiger partial charge on any atom is 0.264 e. The van der Waals surface area contributed by atoms with Crippen molar-refractivity contribution in [3.8, 4) is 0 Å². The van der Waals surface area contributed by atoms with E-state index in [9.17, 15) is 17.6 Å². The molecule has 0 aliphatic heterocycles. The third-order valence-corrected chi connectivity index (χ3v) is 4.34. The SMILES string of the molecule is CN(CCn1cnc2cccc(F)c2c1=O)S(C)(=O)=O. The molecule has 0 atom stereocenters. The molecule has 8 heteroatoms. The molecule has 0 spiro atoms. The van der Waals surface area contributed by atoms with E-state index in [-0.39, 0.29) is 24.0 Å². The van der Waals surface area contributed by atoms with E-state index >= 15 is 0 Å². The monoisotopic (exact) mass is 299 g/mol. The number of hydrogen-bond acceptors (Lipinski definition) is 4. The van der Waals surface area contributed by atoms with Gasteiger partial charge in [0.15, 0.2) is 0 Å². The minimum Gasteiger partial charge on any atom is -0.297 e. The molecule has 0 saturated heterocycles. The molecule has 2 rings (SSSR count). The molecule has 0 N–H and O–H groups in total. The molecule has 108 valence electrons. The lowest BCUT2D eigenvalue weighted by atomic mass is 10.2. The maximum absolute atomic E-state index is 13.7. The van der Waals surface area contributed by atoms with Crippen molar-refractivity contribution in [1.82, 2.24) is 13.9 Å². The largest absolute Gasteiger partial charge is 0.297 e. The molecule has 0 saturated carbocycles. The van der Waals surface area contributed by atoms with Crippen LogP contribution in [-0.2, 0) is 16.6 Å². The Labute approximate surface area is 115 Å². The number of benzene rings is 1. The van der Waals surface area contributed by atoms with E-state index < -0.39 is 21.4 Å². The molecular formula is C12H14FN3O3S. The molecule has 1 heterocycles. The Morgan fingerprint density at radius 3 is 2.75 bits per heavy atom. The third-order valence-electron chi connectivity index (χ3n) is 3.02. The van der Waals surface area contributed by atoms with Gasteiger partial charge < -0.3 is 0 Å². The van der Waals surface area contributed by atoms with Gasteiger partial charge in [-0.1, -0.05) is 6.07 Å². The van der Waals surface area contributed by atoms with Gasteiger partial charge in [0, 0.05) is 20.1 Å². The van der Waals surface area contributed by atoms with Crippen LogP contribution in [0, 0.1) is 5.82 Å². The first kappa shape index (κ1) is 14.6. The van der Waals surface area contributed by atoms with Crippen LogP contribution in [0.2, 0.25) is 0 Å². The van der Waals surface area contributed by atoms with Crippen LogP contribution in [0.15, 0.2) is 29.3 Å². The molecular weight excluding hydrogens is 285 g/mol. The topological polar surface area (TPSA) is 72.3 Å². The molecule has 0 radical (unpaired) electrons. The Morgan fingerprint density at radius 1 is 1.40 bits per heavy atom. The van der Waals surface area contributed by atoms with Crippen molar-refractivity contribution in [1.29, 1.82) is 0 Å². The van der Waals surface area contributed by atoms with Gasteiger partial charge >= 0.3 is 0 Å². The molecule has 20 heavy (non-hydrogen) atoms. The van der Waals surface area contributed by atoms with Crippen LogP contribution in [0.3, 0.4) is 0 Å². The minimum absolute atomic E-state index is 0.0861. The number of rotatable bonds is 4. The summed E-state index contributed by atoms with van der Waals surface area (Å²) in [6.07, 6.45) is 2.37. The second-order valence-electron chi connectivity index (χ2n) is 4.46. The zero-order valence-electron chi connectivity index (χ0n) is 11.1. The molecule has 1 aromatic carbocycles. The maximum atomic E-state index is 13.7. The third kappa shape index (κ3) is 2.86. The van der Waals surface area contributed by atoms with Crippen molar-refractivity contribution in [2.45, 2.75) is 6.54 Å². The van der Waals surface area contributed by atoms with E-state index in [2.05, 4.69) is 4.98 Å². The van der Waals surface area contributed by atoms with Crippen molar-refractivity contribution in [3.63, 3.8) is 0 Å². The highest BCUT2D eigenvalue weighted by molar-refractivity contribution is 7.88. The van der Waals surface area contributed by atoms with E-state index in [1.807, 2.05) is 0 Å². The van der Waals surface area contributed by atoms with Crippen molar-refractivity contribution < 1.29 is 12.8 Å². The van der Waals surface area contributed by atoms with Crippen molar-refractivity contribution in [3.05, 3.63) is 40.7 Å². The van der Waals surface area contributed by atoms with Gasteiger partial charge in [-0.05, 0) is 12.1 Å². The van der Waals surface area contributed by atoms with E-state index in [1.165, 1.54) is 30.1 Å². The predicted molar refractivity (Wildman–Crippen MR) is 73.4 cm³/mol. The number of sulfonamides is 1. The molecule has 0 bridgehead atoms. The lowest BCUT2D eigenvalue weighted by Gasteiger charge is -2.14. The van der Waals surface area contributed by atoms with Gasteiger partial charge in [0.05, 0.1) is 18.1 Å². The molecule has 0 unspecified atom stereocenters. The van der Waals surface area contributed by atoms with Crippen LogP contribution in [0.5, 0.6) is 0 Å². The van der Waals surface area contributed by atoms with Crippen molar-refractivity contribution in [2.75, 3.05) is 19.8 Å². The van der Waals surface area contributed by atoms with Crippen molar-refractivity contribution >= 4 is 20.9 Å². The first-order valence-electron chi connectivity index (χ1n) is 5.85. The Balaban J connectivity index is 2.35. The summed E-state index contributed by atoms with van der Waals surface area (Å²) in [6.45, 7) is 0.222. The summed E-state index contributed by atoms with van der Waals surface area (Å²) in [6, 6.07) is 4.22.